The number of amides is 1. The number of hydrogen-bond donors (Lipinski definition) is 1. The number of carbonyl (C=O) groups excluding carboxylic acids is 1. The molecule has 4 rings (SSSR count). The summed E-state index contributed by atoms with van der Waals surface area (Å²) < 4.78 is 14.4. The first kappa shape index (κ1) is 18.0. The zero-order chi connectivity index (χ0) is 18.4. The van der Waals surface area contributed by atoms with Gasteiger partial charge in [0.15, 0.2) is 0 Å². The fourth-order valence-electron chi connectivity index (χ4n) is 4.42. The molecule has 0 radical (unpaired) electrons. The normalized spacial score (nSPS) is 25.5. The van der Waals surface area contributed by atoms with Gasteiger partial charge in [-0.1, -0.05) is 19.1 Å². The molecule has 142 valence electrons. The van der Waals surface area contributed by atoms with Crippen molar-refractivity contribution in [3.05, 3.63) is 29.8 Å². The minimum Gasteiger partial charge on any atom is -0.312 e. The average Bonchev–Trinajstić information content (AvgIpc) is 3.43. The lowest BCUT2D eigenvalue weighted by Crippen LogP contribution is -2.49. The summed E-state index contributed by atoms with van der Waals surface area (Å²) in [6.45, 7) is 3.99. The SMILES string of the molecule is CCC=S(N)(=O)N1CCC2(CCN(c3ccc(C4CC4)cc3)C2=O)CC1. The molecule has 3 fully saturated rings. The van der Waals surface area contributed by atoms with Gasteiger partial charge >= 0.3 is 0 Å². The van der Waals surface area contributed by atoms with Crippen LogP contribution in [0, 0.1) is 5.41 Å². The van der Waals surface area contributed by atoms with E-state index < -0.39 is 9.89 Å². The summed E-state index contributed by atoms with van der Waals surface area (Å²) in [5, 5.41) is 7.69. The summed E-state index contributed by atoms with van der Waals surface area (Å²) in [4.78, 5) is 15.1. The molecule has 2 saturated heterocycles. The second kappa shape index (κ2) is 6.66. The fraction of sp³-hybridized carbons (Fsp3) is 0.600. The molecule has 26 heavy (non-hydrogen) atoms. The molecular weight excluding hydrogens is 346 g/mol. The quantitative estimate of drug-likeness (QED) is 0.822. The Morgan fingerprint density at radius 1 is 1.15 bits per heavy atom. The van der Waals surface area contributed by atoms with Crippen molar-refractivity contribution >= 4 is 26.9 Å². The van der Waals surface area contributed by atoms with Crippen LogP contribution in [0.15, 0.2) is 24.3 Å². The predicted molar refractivity (Wildman–Crippen MR) is 107 cm³/mol. The Hall–Kier alpha value is -1.37. The van der Waals surface area contributed by atoms with E-state index in [2.05, 4.69) is 24.3 Å². The first-order valence-electron chi connectivity index (χ1n) is 9.77. The molecule has 1 spiro atoms. The van der Waals surface area contributed by atoms with Crippen molar-refractivity contribution in [3.63, 3.8) is 0 Å². The van der Waals surface area contributed by atoms with Gasteiger partial charge in [0.2, 0.25) is 5.91 Å². The topological polar surface area (TPSA) is 66.6 Å². The van der Waals surface area contributed by atoms with Crippen LogP contribution >= 0.6 is 0 Å². The van der Waals surface area contributed by atoms with Crippen molar-refractivity contribution in [3.8, 4) is 0 Å². The third kappa shape index (κ3) is 3.19. The Balaban J connectivity index is 1.46. The van der Waals surface area contributed by atoms with E-state index in [1.165, 1.54) is 18.4 Å². The molecule has 1 aromatic carbocycles. The molecule has 1 unspecified atom stereocenters. The van der Waals surface area contributed by atoms with Crippen LogP contribution in [0.2, 0.25) is 0 Å². The van der Waals surface area contributed by atoms with E-state index in [-0.39, 0.29) is 11.3 Å². The van der Waals surface area contributed by atoms with Crippen LogP contribution in [0.3, 0.4) is 0 Å². The molecule has 2 heterocycles. The van der Waals surface area contributed by atoms with Gasteiger partial charge in [0.05, 0.1) is 15.3 Å². The van der Waals surface area contributed by atoms with Crippen LogP contribution < -0.4 is 10.0 Å². The monoisotopic (exact) mass is 375 g/mol. The molecule has 1 saturated carbocycles. The van der Waals surface area contributed by atoms with Crippen LogP contribution in [0.25, 0.3) is 0 Å². The second-order valence-corrected chi connectivity index (χ2v) is 10.0. The van der Waals surface area contributed by atoms with E-state index in [4.69, 9.17) is 5.14 Å². The summed E-state index contributed by atoms with van der Waals surface area (Å²) in [6.07, 6.45) is 5.65. The summed E-state index contributed by atoms with van der Waals surface area (Å²) in [7, 11) is -2.54. The Morgan fingerprint density at radius 2 is 1.77 bits per heavy atom. The molecule has 2 aliphatic heterocycles. The number of piperidine rings is 1. The lowest BCUT2D eigenvalue weighted by Gasteiger charge is -2.38. The minimum atomic E-state index is -2.54. The molecule has 1 atom stereocenters. The first-order chi connectivity index (χ1) is 12.5. The van der Waals surface area contributed by atoms with Crippen molar-refractivity contribution in [2.75, 3.05) is 24.5 Å². The Kier molecular flexibility index (Phi) is 4.61. The van der Waals surface area contributed by atoms with Gasteiger partial charge in [0.1, 0.15) is 0 Å². The third-order valence-electron chi connectivity index (χ3n) is 6.25. The second-order valence-electron chi connectivity index (χ2n) is 7.97. The van der Waals surface area contributed by atoms with Crippen molar-refractivity contribution in [1.29, 1.82) is 0 Å². The Labute approximate surface area is 156 Å². The summed E-state index contributed by atoms with van der Waals surface area (Å²) in [6, 6.07) is 8.56. The van der Waals surface area contributed by atoms with E-state index >= 15 is 0 Å². The number of nitrogens with two attached hydrogens (primary N) is 1. The number of nitrogens with zero attached hydrogens (tertiary/aromatic N) is 2. The van der Waals surface area contributed by atoms with Gasteiger partial charge in [-0.25, -0.2) is 13.7 Å². The maximum atomic E-state index is 13.2. The lowest BCUT2D eigenvalue weighted by atomic mass is 9.77. The van der Waals surface area contributed by atoms with Gasteiger partial charge in [-0.3, -0.25) is 4.79 Å². The molecular formula is C20H29N3O2S. The number of hydrogen-bond acceptors (Lipinski definition) is 2. The first-order valence-corrected chi connectivity index (χ1v) is 11.4. The largest absolute Gasteiger partial charge is 0.312 e. The third-order valence-corrected chi connectivity index (χ3v) is 8.24. The molecule has 6 heteroatoms. The van der Waals surface area contributed by atoms with Gasteiger partial charge in [-0.2, -0.15) is 0 Å². The highest BCUT2D eigenvalue weighted by Crippen LogP contribution is 2.44. The number of carbonyl (C=O) groups is 1. The van der Waals surface area contributed by atoms with Crippen molar-refractivity contribution in [2.45, 2.75) is 51.4 Å². The predicted octanol–water partition coefficient (Wildman–Crippen LogP) is 2.67. The molecule has 3 aliphatic rings. The van der Waals surface area contributed by atoms with Crippen LogP contribution in [0.5, 0.6) is 0 Å². The van der Waals surface area contributed by atoms with Gasteiger partial charge in [0, 0.05) is 25.3 Å². The Bertz CT molecular complexity index is 799. The van der Waals surface area contributed by atoms with Gasteiger partial charge in [-0.15, -0.1) is 0 Å². The van der Waals surface area contributed by atoms with E-state index in [0.29, 0.717) is 19.5 Å². The molecule has 0 aromatic heterocycles. The van der Waals surface area contributed by atoms with Crippen LogP contribution in [0.4, 0.5) is 5.69 Å². The molecule has 0 bridgehead atoms. The number of rotatable bonds is 4. The smallest absolute Gasteiger partial charge is 0.233 e. The number of anilines is 1. The van der Waals surface area contributed by atoms with Gasteiger partial charge < -0.3 is 4.90 Å². The van der Waals surface area contributed by atoms with Gasteiger partial charge in [0.25, 0.3) is 0 Å². The zero-order valence-electron chi connectivity index (χ0n) is 15.5. The molecule has 1 aromatic rings. The van der Waals surface area contributed by atoms with Crippen molar-refractivity contribution in [2.24, 2.45) is 10.6 Å². The highest BCUT2D eigenvalue weighted by Gasteiger charge is 2.49. The zero-order valence-corrected chi connectivity index (χ0v) is 16.3. The van der Waals surface area contributed by atoms with E-state index in [9.17, 15) is 9.00 Å². The fourth-order valence-corrected chi connectivity index (χ4v) is 5.86. The molecule has 5 nitrogen and oxygen atoms in total. The highest BCUT2D eigenvalue weighted by molar-refractivity contribution is 7.97. The van der Waals surface area contributed by atoms with Crippen molar-refractivity contribution in [1.82, 2.24) is 4.31 Å². The van der Waals surface area contributed by atoms with Crippen LogP contribution in [0.1, 0.15) is 56.9 Å². The highest BCUT2D eigenvalue weighted by atomic mass is 32.2. The van der Waals surface area contributed by atoms with Crippen molar-refractivity contribution < 1.29 is 9.00 Å². The standard InChI is InChI=1S/C20H29N3O2S/c1-2-15-26(21,25)22-12-9-20(10-13-22)11-14-23(19(20)24)18-7-5-17(6-8-18)16-3-4-16/h5-8,15-16H,2-4,9-14H2,1H3,(H2,21,25). The van der Waals surface area contributed by atoms with Crippen LogP contribution in [-0.2, 0) is 14.7 Å². The molecule has 2 N–H and O–H groups in total. The summed E-state index contributed by atoms with van der Waals surface area (Å²) in [5.74, 6) is 0.972. The van der Waals surface area contributed by atoms with Gasteiger partial charge in [-0.05, 0) is 67.5 Å². The van der Waals surface area contributed by atoms with E-state index in [0.717, 1.165) is 37.4 Å². The summed E-state index contributed by atoms with van der Waals surface area (Å²) in [5.41, 5.74) is 2.11. The van der Waals surface area contributed by atoms with Crippen LogP contribution in [-0.4, -0.2) is 39.4 Å². The summed E-state index contributed by atoms with van der Waals surface area (Å²) >= 11 is 0. The number of benzene rings is 1. The van der Waals surface area contributed by atoms with E-state index in [1.54, 1.807) is 5.37 Å². The molecule has 1 amide bonds. The lowest BCUT2D eigenvalue weighted by molar-refractivity contribution is -0.127. The maximum absolute atomic E-state index is 13.2. The molecule has 1 aliphatic carbocycles. The maximum Gasteiger partial charge on any atom is 0.233 e. The minimum absolute atomic E-state index is 0.235. The average molecular weight is 376 g/mol. The van der Waals surface area contributed by atoms with E-state index in [1.807, 2.05) is 16.1 Å². The Morgan fingerprint density at radius 3 is 2.35 bits per heavy atom.